The molecule has 1 aliphatic carbocycles. The van der Waals surface area contributed by atoms with Gasteiger partial charge < -0.3 is 9.47 Å². The van der Waals surface area contributed by atoms with Crippen molar-refractivity contribution in [3.8, 4) is 0 Å². The highest BCUT2D eigenvalue weighted by molar-refractivity contribution is 8.03. The molecule has 22 heavy (non-hydrogen) atoms. The number of carbonyl (C=O) groups is 1. The van der Waals surface area contributed by atoms with E-state index in [-0.39, 0.29) is 28.0 Å². The average Bonchev–Trinajstić information content (AvgIpc) is 3.18. The molecule has 116 valence electrons. The van der Waals surface area contributed by atoms with Crippen LogP contribution in [0.4, 0.5) is 0 Å². The highest BCUT2D eigenvalue weighted by atomic mass is 32.2. The lowest BCUT2D eigenvalue weighted by Gasteiger charge is -2.54. The van der Waals surface area contributed by atoms with E-state index in [1.54, 1.807) is 11.8 Å². The maximum Gasteiger partial charge on any atom is 0.294 e. The molecule has 6 nitrogen and oxygen atoms in total. The molecular weight excluding hydrogens is 302 g/mol. The van der Waals surface area contributed by atoms with Gasteiger partial charge in [0, 0.05) is 13.0 Å². The van der Waals surface area contributed by atoms with Crippen molar-refractivity contribution in [2.24, 2.45) is 21.6 Å². The average molecular weight is 319 g/mol. The number of nitrogens with one attached hydrogen (secondary N) is 1. The molecule has 1 spiro atoms. The van der Waals surface area contributed by atoms with Crippen molar-refractivity contribution < 1.29 is 14.3 Å². The van der Waals surface area contributed by atoms with E-state index in [4.69, 9.17) is 9.47 Å². The Morgan fingerprint density at radius 2 is 2.23 bits per heavy atom. The predicted molar refractivity (Wildman–Crippen MR) is 80.0 cm³/mol. The van der Waals surface area contributed by atoms with E-state index in [1.165, 1.54) is 0 Å². The van der Waals surface area contributed by atoms with Crippen molar-refractivity contribution in [3.05, 3.63) is 23.1 Å². The molecule has 0 radical (unpaired) electrons. The van der Waals surface area contributed by atoms with E-state index in [2.05, 4.69) is 33.1 Å². The van der Waals surface area contributed by atoms with Gasteiger partial charge in [0.25, 0.3) is 5.91 Å². The minimum atomic E-state index is -0.946. The van der Waals surface area contributed by atoms with Gasteiger partial charge in [0.15, 0.2) is 5.78 Å². The summed E-state index contributed by atoms with van der Waals surface area (Å²) in [4.78, 5) is 12.1. The number of piperidine rings is 1. The monoisotopic (exact) mass is 319 g/mol. The largest absolute Gasteiger partial charge is 0.328 e. The molecule has 4 heterocycles. The summed E-state index contributed by atoms with van der Waals surface area (Å²) in [6.45, 7) is 3.70. The number of hydrogen-bond acceptors (Lipinski definition) is 7. The van der Waals surface area contributed by atoms with Crippen molar-refractivity contribution in [2.45, 2.75) is 30.2 Å². The number of allylic oxidation sites excluding steroid dienone is 1. The predicted octanol–water partition coefficient (Wildman–Crippen LogP) is 1.60. The first-order valence-electron chi connectivity index (χ1n) is 7.64. The molecule has 5 rings (SSSR count). The normalized spacial score (nSPS) is 47.5. The summed E-state index contributed by atoms with van der Waals surface area (Å²) in [7, 11) is 0. The molecule has 0 aromatic carbocycles. The van der Waals surface area contributed by atoms with Gasteiger partial charge >= 0.3 is 0 Å². The molecule has 2 fully saturated rings. The summed E-state index contributed by atoms with van der Waals surface area (Å²) in [5.41, 5.74) is 0.454. The summed E-state index contributed by atoms with van der Waals surface area (Å²) < 4.78 is 11.6. The Balaban J connectivity index is 1.64. The van der Waals surface area contributed by atoms with E-state index >= 15 is 0 Å². The lowest BCUT2D eigenvalue weighted by atomic mass is 9.60. The van der Waals surface area contributed by atoms with Gasteiger partial charge in [-0.3, -0.25) is 10.1 Å². The molecule has 2 saturated heterocycles. The van der Waals surface area contributed by atoms with Gasteiger partial charge in [0.1, 0.15) is 0 Å². The number of ether oxygens (including phenoxy) is 2. The standard InChI is InChI=1S/C15H17N3O3S/c1-9-6-14-13(2-5-22-14,7-11(9)19)12-10(8-16-14)15(18-17-12)20-3-4-21-15/h2,5-6,10,12,16H,3-4,7-8H2,1H3. The van der Waals surface area contributed by atoms with E-state index in [9.17, 15) is 4.79 Å². The molecule has 0 saturated carbocycles. The van der Waals surface area contributed by atoms with Gasteiger partial charge in [-0.15, -0.1) is 16.9 Å². The molecule has 7 heteroatoms. The summed E-state index contributed by atoms with van der Waals surface area (Å²) in [5.74, 6) is -0.750. The number of Topliss-reactive ketones (excluding diaryl/α,β-unsaturated/α-hetero) is 1. The van der Waals surface area contributed by atoms with Crippen LogP contribution in [0.5, 0.6) is 0 Å². The summed E-state index contributed by atoms with van der Waals surface area (Å²) in [6.07, 6.45) is 4.69. The van der Waals surface area contributed by atoms with Crippen LogP contribution in [0.15, 0.2) is 33.4 Å². The van der Waals surface area contributed by atoms with Crippen molar-refractivity contribution >= 4 is 17.5 Å². The van der Waals surface area contributed by atoms with Crippen molar-refractivity contribution in [3.63, 3.8) is 0 Å². The molecule has 4 atom stereocenters. The number of azo groups is 1. The quantitative estimate of drug-likeness (QED) is 0.734. The van der Waals surface area contributed by atoms with Gasteiger partial charge in [-0.2, -0.15) is 5.11 Å². The summed E-state index contributed by atoms with van der Waals surface area (Å²) in [6, 6.07) is -0.0913. The van der Waals surface area contributed by atoms with Gasteiger partial charge in [0.2, 0.25) is 0 Å². The second kappa shape index (κ2) is 4.08. The number of fused-ring (bicyclic) bond motifs is 2. The van der Waals surface area contributed by atoms with Crippen molar-refractivity contribution in [1.29, 1.82) is 0 Å². The Morgan fingerprint density at radius 3 is 3.05 bits per heavy atom. The van der Waals surface area contributed by atoms with Crippen molar-refractivity contribution in [2.75, 3.05) is 19.8 Å². The number of hydrogen-bond donors (Lipinski definition) is 1. The van der Waals surface area contributed by atoms with Crippen LogP contribution in [0, 0.1) is 11.3 Å². The summed E-state index contributed by atoms with van der Waals surface area (Å²) >= 11 is 1.73. The molecule has 5 aliphatic rings. The van der Waals surface area contributed by atoms with Gasteiger partial charge in [-0.1, -0.05) is 6.08 Å². The van der Waals surface area contributed by atoms with E-state index < -0.39 is 5.91 Å². The van der Waals surface area contributed by atoms with E-state index in [1.807, 2.05) is 6.92 Å². The van der Waals surface area contributed by atoms with Crippen LogP contribution in [0.1, 0.15) is 13.3 Å². The highest BCUT2D eigenvalue weighted by Crippen LogP contribution is 2.63. The zero-order chi connectivity index (χ0) is 15.0. The van der Waals surface area contributed by atoms with Crippen LogP contribution in [-0.2, 0) is 14.3 Å². The van der Waals surface area contributed by atoms with Crippen LogP contribution in [0.2, 0.25) is 0 Å². The van der Waals surface area contributed by atoms with Crippen molar-refractivity contribution in [1.82, 2.24) is 5.32 Å². The maximum atomic E-state index is 12.4. The molecule has 1 N–H and O–H groups in total. The molecule has 0 aromatic heterocycles. The highest BCUT2D eigenvalue weighted by Gasteiger charge is 2.69. The molecular formula is C15H17N3O3S. The van der Waals surface area contributed by atoms with E-state index in [0.717, 1.165) is 5.57 Å². The van der Waals surface area contributed by atoms with Crippen LogP contribution in [0.25, 0.3) is 0 Å². The lowest BCUT2D eigenvalue weighted by Crippen LogP contribution is -2.68. The molecule has 4 unspecified atom stereocenters. The molecule has 0 bridgehead atoms. The number of carbonyl (C=O) groups excluding carboxylic acids is 1. The fourth-order valence-corrected chi connectivity index (χ4v) is 5.89. The molecule has 0 aromatic rings. The minimum absolute atomic E-state index is 0.00563. The zero-order valence-electron chi connectivity index (χ0n) is 12.2. The number of ketones is 1. The number of thioether (sulfide) groups is 1. The SMILES string of the molecule is CC1=CC23NCC4C(N=NC45OCCO5)C2(C=CS3)CC1=O. The van der Waals surface area contributed by atoms with Crippen LogP contribution < -0.4 is 5.32 Å². The molecule has 4 aliphatic heterocycles. The van der Waals surface area contributed by atoms with Crippen LogP contribution >= 0.6 is 11.8 Å². The third kappa shape index (κ3) is 1.37. The number of rotatable bonds is 0. The Kier molecular flexibility index (Phi) is 2.49. The Hall–Kier alpha value is -1.02. The van der Waals surface area contributed by atoms with Crippen LogP contribution in [0.3, 0.4) is 0 Å². The molecule has 0 amide bonds. The zero-order valence-corrected chi connectivity index (χ0v) is 13.1. The maximum absolute atomic E-state index is 12.4. The van der Waals surface area contributed by atoms with Gasteiger partial charge in [-0.05, 0) is 24.0 Å². The van der Waals surface area contributed by atoms with Gasteiger partial charge in [0.05, 0.1) is 35.5 Å². The third-order valence-corrected chi connectivity index (χ3v) is 6.89. The Bertz CT molecular complexity index is 654. The number of nitrogens with zero attached hydrogens (tertiary/aromatic N) is 2. The fourth-order valence-electron chi connectivity index (χ4n) is 4.48. The van der Waals surface area contributed by atoms with Gasteiger partial charge in [-0.25, -0.2) is 0 Å². The smallest absolute Gasteiger partial charge is 0.294 e. The van der Waals surface area contributed by atoms with E-state index in [0.29, 0.717) is 26.2 Å². The first-order chi connectivity index (χ1) is 10.6. The van der Waals surface area contributed by atoms with Crippen LogP contribution in [-0.4, -0.2) is 42.4 Å². The first kappa shape index (κ1) is 13.4. The second-order valence-corrected chi connectivity index (χ2v) is 7.75. The first-order valence-corrected chi connectivity index (χ1v) is 8.52. The third-order valence-electron chi connectivity index (χ3n) is 5.61. The Labute approximate surface area is 132 Å². The Morgan fingerprint density at radius 1 is 1.41 bits per heavy atom. The fraction of sp³-hybridized carbons (Fsp3) is 0.667. The minimum Gasteiger partial charge on any atom is -0.328 e. The topological polar surface area (TPSA) is 72.3 Å². The second-order valence-electron chi connectivity index (χ2n) is 6.60. The summed E-state index contributed by atoms with van der Waals surface area (Å²) in [5, 5.41) is 14.7. The lowest BCUT2D eigenvalue weighted by molar-refractivity contribution is -0.191.